The summed E-state index contributed by atoms with van der Waals surface area (Å²) in [5.74, 6) is 0.770. The van der Waals surface area contributed by atoms with Crippen molar-refractivity contribution in [1.82, 2.24) is 9.15 Å². The quantitative estimate of drug-likeness (QED) is 0.0343. The van der Waals surface area contributed by atoms with Crippen molar-refractivity contribution in [2.24, 2.45) is 0 Å². The van der Waals surface area contributed by atoms with Gasteiger partial charge in [-0.1, -0.05) is 80.1 Å². The molecule has 0 unspecified atom stereocenters. The maximum atomic E-state index is 12.3. The summed E-state index contributed by atoms with van der Waals surface area (Å²) in [5.41, 5.74) is 8.75. The van der Waals surface area contributed by atoms with Crippen LogP contribution in [0.4, 0.5) is 0 Å². The zero-order valence-corrected chi connectivity index (χ0v) is 48.4. The summed E-state index contributed by atoms with van der Waals surface area (Å²) in [6, 6.07) is 40.4. The molecular weight excluding hydrogens is 1060 g/mol. The van der Waals surface area contributed by atoms with E-state index in [9.17, 15) is 33.6 Å². The van der Waals surface area contributed by atoms with Crippen LogP contribution in [0.3, 0.4) is 0 Å². The molecular formula is C65H76N2O14S+2. The molecule has 7 N–H and O–H groups in total. The van der Waals surface area contributed by atoms with Crippen LogP contribution in [0.2, 0.25) is 0 Å². The topological polar surface area (TPSA) is 244 Å². The van der Waals surface area contributed by atoms with E-state index in [1.807, 2.05) is 93.6 Å². The van der Waals surface area contributed by atoms with E-state index >= 15 is 0 Å². The number of aliphatic hydroxyl groups excluding tert-OH is 5. The zero-order chi connectivity index (χ0) is 59.5. The number of hydrogen-bond donors (Lipinski definition) is 7. The van der Waals surface area contributed by atoms with E-state index in [0.717, 1.165) is 105 Å². The average molecular weight is 1140 g/mol. The number of phenols is 1. The van der Waals surface area contributed by atoms with Gasteiger partial charge in [0.15, 0.2) is 11.7 Å². The van der Waals surface area contributed by atoms with Gasteiger partial charge in [-0.2, -0.15) is 8.42 Å². The Kier molecular flexibility index (Phi) is 23.6. The zero-order valence-electron chi connectivity index (χ0n) is 47.6. The standard InChI is InChI=1S/C28H29NO5.C25H23NO4.C7H8O3S.C3H8O2.C2H6/c1-3-29(4-2)19-10-11-21-24(16-19)34-27-22(25(21)20-9-6-5-8-18(20)17-30)12-13-23(31)26(27)28-32-14-7-15-33-28;1-3-26(4-2)17-9-10-19-23(13-17)30-25-20(11-12-22(29)21(25)15-28)24(19)18-8-6-5-7-16(18)14-27;1-6-2-4-7(5-3-6)11(8,9)10;4-2-1-3-5;1-2/h5-6,8-13,16,28,30H,3-4,7,14-15,17H2,1-2H3;5-13,15,27H,3-4,14H2,1-2H3;2-5H,1H3,(H,8,9,10);4-5H,1-3H2;1-2H3/p+2. The SMILES string of the molecule is CC.CC[N+](CC)=c1ccc2c(-c3ccccc3CO)c3ccc(=O)c(=CO)c3oc2c1.CC[N+](CC)=c1ccc2c(-c3ccccc3CO)c3ccc(O)c(C4OCCCO4)c3oc-2c1.Cc1ccc(S(=O)(=O)O)cc1.OCCCO. The number of aliphatic hydroxyl groups is 5. The van der Waals surface area contributed by atoms with Gasteiger partial charge in [0.25, 0.3) is 10.1 Å². The third kappa shape index (κ3) is 14.7. The highest BCUT2D eigenvalue weighted by atomic mass is 32.2. The van der Waals surface area contributed by atoms with E-state index < -0.39 is 16.4 Å². The summed E-state index contributed by atoms with van der Waals surface area (Å²) in [6.07, 6.45) is 1.41. The van der Waals surface area contributed by atoms with E-state index in [4.69, 9.17) is 33.1 Å². The Bertz CT molecular complexity index is 3930. The van der Waals surface area contributed by atoms with Gasteiger partial charge >= 0.3 is 0 Å². The first-order chi connectivity index (χ1) is 39.7. The van der Waals surface area contributed by atoms with Crippen LogP contribution in [-0.4, -0.2) is 96.2 Å². The van der Waals surface area contributed by atoms with Crippen molar-refractivity contribution in [3.05, 3.63) is 182 Å². The highest BCUT2D eigenvalue weighted by molar-refractivity contribution is 7.85. The fourth-order valence-electron chi connectivity index (χ4n) is 9.64. The molecule has 0 bridgehead atoms. The number of fused-ring (bicyclic) bond motifs is 4. The minimum absolute atomic E-state index is 0.0666. The van der Waals surface area contributed by atoms with Crippen LogP contribution < -0.4 is 30.5 Å². The number of hydrogen-bond acceptors (Lipinski definition) is 13. The predicted octanol–water partition coefficient (Wildman–Crippen LogP) is 9.21. The Hall–Kier alpha value is -7.58. The normalized spacial score (nSPS) is 12.6. The Labute approximate surface area is 477 Å². The van der Waals surface area contributed by atoms with E-state index in [1.165, 1.54) is 18.2 Å². The van der Waals surface area contributed by atoms with Crippen LogP contribution in [0.5, 0.6) is 5.75 Å². The van der Waals surface area contributed by atoms with E-state index in [2.05, 4.69) is 55.0 Å². The van der Waals surface area contributed by atoms with Gasteiger partial charge < -0.3 is 48.9 Å². The highest BCUT2D eigenvalue weighted by Gasteiger charge is 2.29. The first kappa shape index (κ1) is 63.6. The lowest BCUT2D eigenvalue weighted by Crippen LogP contribution is -2.29. The maximum Gasteiger partial charge on any atom is 0.294 e. The Balaban J connectivity index is 0.000000205. The fraction of sp³-hybridized carbons (Fsp3) is 0.308. The van der Waals surface area contributed by atoms with Gasteiger partial charge in [-0.3, -0.25) is 9.35 Å². The van der Waals surface area contributed by atoms with Crippen molar-refractivity contribution in [2.75, 3.05) is 52.6 Å². The molecule has 16 nitrogen and oxygen atoms in total. The molecule has 2 aliphatic heterocycles. The van der Waals surface area contributed by atoms with Gasteiger partial charge in [0.2, 0.25) is 10.7 Å². The van der Waals surface area contributed by atoms with Crippen LogP contribution >= 0.6 is 0 Å². The number of aromatic hydroxyl groups is 1. The number of benzene rings is 7. The molecule has 3 heterocycles. The summed E-state index contributed by atoms with van der Waals surface area (Å²) in [4.78, 5) is 12.3. The molecule has 7 aromatic rings. The molecule has 434 valence electrons. The molecule has 0 atom stereocenters. The number of rotatable bonds is 12. The molecule has 82 heavy (non-hydrogen) atoms. The third-order valence-electron chi connectivity index (χ3n) is 13.8. The van der Waals surface area contributed by atoms with E-state index in [-0.39, 0.29) is 47.7 Å². The molecule has 0 spiro atoms. The van der Waals surface area contributed by atoms with Crippen LogP contribution in [0.15, 0.2) is 152 Å². The fourth-order valence-corrected chi connectivity index (χ4v) is 10.1. The molecule has 6 aromatic carbocycles. The van der Waals surface area contributed by atoms with Crippen molar-refractivity contribution in [2.45, 2.75) is 85.7 Å². The van der Waals surface area contributed by atoms with Crippen LogP contribution in [0.1, 0.15) is 82.9 Å². The van der Waals surface area contributed by atoms with Crippen LogP contribution in [0, 0.1) is 6.92 Å². The van der Waals surface area contributed by atoms with E-state index in [1.54, 1.807) is 24.3 Å². The van der Waals surface area contributed by atoms with Gasteiger partial charge in [0, 0.05) is 58.2 Å². The average Bonchev–Trinajstić information content (AvgIpc) is 2.57. The molecule has 1 saturated heterocycles. The number of phenolic OH excluding ortho intramolecular Hbond substituents is 1. The van der Waals surface area contributed by atoms with Crippen molar-refractivity contribution in [1.29, 1.82) is 0 Å². The van der Waals surface area contributed by atoms with Crippen molar-refractivity contribution >= 4 is 49.3 Å². The monoisotopic (exact) mass is 1140 g/mol. The van der Waals surface area contributed by atoms with Gasteiger partial charge in [-0.05, 0) is 118 Å². The molecule has 10 rings (SSSR count). The minimum Gasteiger partial charge on any atom is -0.515 e. The summed E-state index contributed by atoms with van der Waals surface area (Å²) in [7, 11) is -4.02. The Morgan fingerprint density at radius 3 is 1.67 bits per heavy atom. The molecule has 0 amide bonds. The molecule has 17 heteroatoms. The molecule has 0 saturated carbocycles. The smallest absolute Gasteiger partial charge is 0.294 e. The second-order valence-electron chi connectivity index (χ2n) is 18.7. The highest BCUT2D eigenvalue weighted by Crippen LogP contribution is 2.46. The van der Waals surface area contributed by atoms with Gasteiger partial charge in [0.1, 0.15) is 54.4 Å². The first-order valence-electron chi connectivity index (χ1n) is 27.6. The van der Waals surface area contributed by atoms with Gasteiger partial charge in [0.05, 0.1) is 60.5 Å². The maximum absolute atomic E-state index is 12.3. The third-order valence-corrected chi connectivity index (χ3v) is 14.6. The van der Waals surface area contributed by atoms with Gasteiger partial charge in [-0.25, -0.2) is 9.15 Å². The summed E-state index contributed by atoms with van der Waals surface area (Å²) < 4.78 is 58.4. The largest absolute Gasteiger partial charge is 0.515 e. The predicted molar refractivity (Wildman–Crippen MR) is 323 cm³/mol. The lowest BCUT2D eigenvalue weighted by atomic mass is 9.90. The van der Waals surface area contributed by atoms with E-state index in [0.29, 0.717) is 53.1 Å². The summed E-state index contributed by atoms with van der Waals surface area (Å²) in [5, 5.41) is 61.0. The van der Waals surface area contributed by atoms with Crippen molar-refractivity contribution in [3.63, 3.8) is 0 Å². The summed E-state index contributed by atoms with van der Waals surface area (Å²) in [6.45, 7) is 18.9. The van der Waals surface area contributed by atoms with Gasteiger partial charge in [-0.15, -0.1) is 0 Å². The Morgan fingerprint density at radius 1 is 0.610 bits per heavy atom. The number of aryl methyl sites for hydroxylation is 1. The van der Waals surface area contributed by atoms with Crippen LogP contribution in [0.25, 0.3) is 72.7 Å². The second-order valence-corrected chi connectivity index (χ2v) is 20.1. The molecule has 3 aliphatic rings. The number of ether oxygens (including phenoxy) is 2. The van der Waals surface area contributed by atoms with Crippen molar-refractivity contribution < 1.29 is 61.9 Å². The Morgan fingerprint density at radius 2 is 1.13 bits per heavy atom. The van der Waals surface area contributed by atoms with Crippen LogP contribution in [-0.2, 0) is 32.8 Å². The molecule has 1 aromatic heterocycles. The first-order valence-corrected chi connectivity index (χ1v) is 29.1. The minimum atomic E-state index is -4.02. The lowest BCUT2D eigenvalue weighted by molar-refractivity contribution is -0.183. The van der Waals surface area contributed by atoms with Crippen molar-refractivity contribution in [3.8, 4) is 39.3 Å². The second kappa shape index (κ2) is 30.5. The summed E-state index contributed by atoms with van der Waals surface area (Å²) >= 11 is 0. The lowest BCUT2D eigenvalue weighted by Gasteiger charge is -2.26. The molecule has 1 fully saturated rings. The molecule has 0 radical (unpaired) electrons. The number of nitrogens with zero attached hydrogens (tertiary/aromatic N) is 2. The molecule has 1 aliphatic carbocycles.